The quantitative estimate of drug-likeness (QED) is 0.0105. The van der Waals surface area contributed by atoms with Crippen LogP contribution in [0, 0.1) is 0 Å². The van der Waals surface area contributed by atoms with Crippen LogP contribution in [0.2, 0.25) is 0 Å². The molecule has 6 aromatic carbocycles. The fourth-order valence-electron chi connectivity index (χ4n) is 9.37. The summed E-state index contributed by atoms with van der Waals surface area (Å²) in [7, 11) is 4.68. The molecule has 0 aliphatic heterocycles. The molecule has 4 atom stereocenters. The Morgan fingerprint density at radius 3 is 1.13 bits per heavy atom. The van der Waals surface area contributed by atoms with Gasteiger partial charge < -0.3 is 69.5 Å². The zero-order valence-electron chi connectivity index (χ0n) is 69.3. The number of aromatic nitrogens is 2. The highest BCUT2D eigenvalue weighted by molar-refractivity contribution is 6.01. The van der Waals surface area contributed by atoms with Crippen molar-refractivity contribution in [2.45, 2.75) is 202 Å². The lowest BCUT2D eigenvalue weighted by atomic mass is 10.1. The number of alkyl halides is 9. The van der Waals surface area contributed by atoms with Gasteiger partial charge in [0.2, 0.25) is 17.7 Å². The van der Waals surface area contributed by atoms with E-state index >= 15 is 0 Å². The van der Waals surface area contributed by atoms with Crippen LogP contribution in [0.5, 0.6) is 0 Å². The van der Waals surface area contributed by atoms with Crippen LogP contribution in [0.1, 0.15) is 173 Å². The Morgan fingerprint density at radius 2 is 0.765 bits per heavy atom. The Balaban J connectivity index is 0.000000404. The topological polar surface area (TPSA) is 390 Å². The standard InChI is InChI=1S/C24H29F3N4O4.C24H27F3N4O3.C14H12F3N3O.C10H19NO4.C9H17NO4/c1-15(31(5)22(34)35-23(2,3)4)14-20(32)29-30-21(33)18-8-6-7-9-19(18)28-17-12-10-16(11-13-17)24(25,26)27;1-15(31(5)22(32)34-23(2,3)4)14-20-29-30-21(33-20)18-8-6-7-9-19(18)28-17-12-10-16(11-13-17)24(25,26)27;15-14(16,17)9-5-7-10(8-6-9)19-12-4-2-1-3-11(12)13(21)20-18;1-7(6-8(12)13)11(5)9(14)15-10(2,3)4;1-6(5-7(11)12)10-8(13)14-9(2,3)4/h6-13,15,28H,14H2,1-5H3,(H,29,32)(H,30,33);6-13,15,28H,14H2,1-5H3;1-8,19H,18H2,(H,20,21);7H,6H2,1-5H3,(H,12,13);6H,5H2,1-4H3,(H,10,13)(H,11,12). The molecule has 0 fully saturated rings. The summed E-state index contributed by atoms with van der Waals surface area (Å²) in [5, 5.41) is 36.5. The van der Waals surface area contributed by atoms with Crippen LogP contribution in [0.25, 0.3) is 11.5 Å². The molecule has 7 aromatic rings. The van der Waals surface area contributed by atoms with Crippen LogP contribution in [0.4, 0.5) is 92.8 Å². The Labute approximate surface area is 683 Å². The summed E-state index contributed by atoms with van der Waals surface area (Å²) in [4.78, 5) is 108. The number of benzene rings is 6. The van der Waals surface area contributed by atoms with Crippen LogP contribution in [0.15, 0.2) is 150 Å². The number of carbonyl (C=O) groups excluding carboxylic acids is 7. The molecule has 0 spiro atoms. The number of hydrazine groups is 2. The summed E-state index contributed by atoms with van der Waals surface area (Å²) in [6, 6.07) is 32.0. The average molecular weight is 1690 g/mol. The third kappa shape index (κ3) is 38.1. The van der Waals surface area contributed by atoms with Crippen molar-refractivity contribution in [3.05, 3.63) is 179 Å². The number of para-hydroxylation sites is 3. The van der Waals surface area contributed by atoms with Gasteiger partial charge in [0, 0.05) is 75.2 Å². The van der Waals surface area contributed by atoms with Crippen LogP contribution in [0.3, 0.4) is 0 Å². The number of carbonyl (C=O) groups is 9. The molecule has 119 heavy (non-hydrogen) atoms. The number of anilines is 6. The number of amides is 7. The predicted molar refractivity (Wildman–Crippen MR) is 426 cm³/mol. The Morgan fingerprint density at radius 1 is 0.429 bits per heavy atom. The van der Waals surface area contributed by atoms with Crippen molar-refractivity contribution in [3.63, 3.8) is 0 Å². The molecule has 7 amide bonds. The molecule has 0 aliphatic carbocycles. The van der Waals surface area contributed by atoms with Crippen molar-refractivity contribution in [3.8, 4) is 11.5 Å². The first-order valence-electron chi connectivity index (χ1n) is 36.6. The molecule has 0 radical (unpaired) electrons. The molecular formula is C81H104F9N13O16. The van der Waals surface area contributed by atoms with Gasteiger partial charge in [0.1, 0.15) is 22.4 Å². The first-order chi connectivity index (χ1) is 54.8. The average Bonchev–Trinajstić information content (AvgIpc) is 1.80. The summed E-state index contributed by atoms with van der Waals surface area (Å²) < 4.78 is 141. The highest BCUT2D eigenvalue weighted by atomic mass is 19.4. The summed E-state index contributed by atoms with van der Waals surface area (Å²) in [6.07, 6.45) is -15.3. The van der Waals surface area contributed by atoms with E-state index in [1.165, 1.54) is 71.3 Å². The van der Waals surface area contributed by atoms with E-state index < -0.39 is 124 Å². The van der Waals surface area contributed by atoms with Crippen molar-refractivity contribution in [1.29, 1.82) is 0 Å². The molecule has 29 nitrogen and oxygen atoms in total. The van der Waals surface area contributed by atoms with E-state index in [-0.39, 0.29) is 42.8 Å². The van der Waals surface area contributed by atoms with Gasteiger partial charge in [0.05, 0.1) is 63.3 Å². The highest BCUT2D eigenvalue weighted by Crippen LogP contribution is 2.36. The molecule has 0 saturated heterocycles. The first-order valence-corrected chi connectivity index (χ1v) is 36.6. The second-order valence-corrected chi connectivity index (χ2v) is 30.7. The van der Waals surface area contributed by atoms with Crippen molar-refractivity contribution in [2.24, 2.45) is 5.84 Å². The molecule has 1 heterocycles. The molecular weight excluding hydrogens is 1580 g/mol. The third-order valence-corrected chi connectivity index (χ3v) is 15.6. The molecule has 0 bridgehead atoms. The number of nitrogens with two attached hydrogens (primary N) is 1. The van der Waals surface area contributed by atoms with Crippen molar-refractivity contribution < 1.29 is 116 Å². The molecule has 0 saturated carbocycles. The number of likely N-dealkylation sites (N-methyl/N-ethyl adjacent to an activating group) is 1. The molecule has 38 heteroatoms. The fraction of sp³-hybridized carbons (Fsp3) is 0.420. The number of hydrogen-bond acceptors (Lipinski definition) is 20. The van der Waals surface area contributed by atoms with Gasteiger partial charge in [-0.05, 0) is 220 Å². The van der Waals surface area contributed by atoms with Gasteiger partial charge in [-0.1, -0.05) is 36.4 Å². The van der Waals surface area contributed by atoms with E-state index in [1.807, 2.05) is 12.3 Å². The van der Waals surface area contributed by atoms with Gasteiger partial charge in [-0.15, -0.1) is 10.2 Å². The summed E-state index contributed by atoms with van der Waals surface area (Å²) >= 11 is 0. The minimum atomic E-state index is -4.45. The molecule has 652 valence electrons. The number of nitrogen functional groups attached to an aromatic ring is 1. The van der Waals surface area contributed by atoms with Crippen molar-refractivity contribution in [2.75, 3.05) is 37.1 Å². The maximum atomic E-state index is 12.8. The Hall–Kier alpha value is -12.4. The third-order valence-electron chi connectivity index (χ3n) is 15.6. The van der Waals surface area contributed by atoms with E-state index in [2.05, 4.69) is 42.3 Å². The Bertz CT molecular complexity index is 4480. The molecule has 11 N–H and O–H groups in total. The first kappa shape index (κ1) is 101. The van der Waals surface area contributed by atoms with Gasteiger partial charge in [0.25, 0.3) is 11.8 Å². The second-order valence-electron chi connectivity index (χ2n) is 30.7. The van der Waals surface area contributed by atoms with Gasteiger partial charge in [-0.2, -0.15) is 39.5 Å². The number of halogens is 9. The van der Waals surface area contributed by atoms with E-state index in [0.717, 1.165) is 36.4 Å². The van der Waals surface area contributed by atoms with E-state index in [1.54, 1.807) is 178 Å². The number of carboxylic acid groups (broad SMARTS) is 2. The van der Waals surface area contributed by atoms with Crippen molar-refractivity contribution >= 4 is 88.2 Å². The minimum Gasteiger partial charge on any atom is -0.481 e. The molecule has 1 aromatic heterocycles. The predicted octanol–water partition coefficient (Wildman–Crippen LogP) is 17.3. The normalized spacial score (nSPS) is 12.4. The number of ether oxygens (including phenoxy) is 4. The van der Waals surface area contributed by atoms with Gasteiger partial charge in [-0.25, -0.2) is 25.0 Å². The minimum absolute atomic E-state index is 0.0876. The highest BCUT2D eigenvalue weighted by Gasteiger charge is 2.34. The molecule has 7 rings (SSSR count). The summed E-state index contributed by atoms with van der Waals surface area (Å²) in [5.41, 5.74) is 5.63. The molecule has 0 aliphatic rings. The zero-order chi connectivity index (χ0) is 90.5. The van der Waals surface area contributed by atoms with Gasteiger partial charge in [0.15, 0.2) is 0 Å². The van der Waals surface area contributed by atoms with Crippen molar-refractivity contribution in [1.82, 2.24) is 46.5 Å². The van der Waals surface area contributed by atoms with E-state index in [9.17, 15) is 82.7 Å². The lowest BCUT2D eigenvalue weighted by Gasteiger charge is -2.28. The van der Waals surface area contributed by atoms with Crippen LogP contribution in [-0.2, 0) is 58.3 Å². The number of nitrogens with one attached hydrogen (secondary N) is 7. The van der Waals surface area contributed by atoms with Crippen LogP contribution in [-0.4, -0.2) is 157 Å². The smallest absolute Gasteiger partial charge is 0.416 e. The lowest BCUT2D eigenvalue weighted by Crippen LogP contribution is -2.46. The number of hydrogen-bond donors (Lipinski definition) is 10. The van der Waals surface area contributed by atoms with E-state index in [0.29, 0.717) is 57.6 Å². The zero-order valence-corrected chi connectivity index (χ0v) is 69.3. The number of nitrogens with zero attached hydrogens (tertiary/aromatic N) is 5. The van der Waals surface area contributed by atoms with Gasteiger partial charge >= 0.3 is 54.8 Å². The SMILES string of the molecule is CC(CC(=O)NNC(=O)c1ccccc1Nc1ccc(C(F)(F)F)cc1)N(C)C(=O)OC(C)(C)C.CC(CC(=O)O)N(C)C(=O)OC(C)(C)C.CC(CC(=O)O)NC(=O)OC(C)(C)C.CC(Cc1nnc(-c2ccccc2Nc2ccc(C(F)(F)F)cc2)o1)N(C)C(=O)OC(C)(C)C.NNC(=O)c1ccccc1Nc1ccc(C(F)(F)F)cc1. The van der Waals surface area contributed by atoms with Gasteiger partial charge in [-0.3, -0.25) is 40.3 Å². The number of rotatable bonds is 21. The van der Waals surface area contributed by atoms with Crippen LogP contribution >= 0.6 is 0 Å². The number of aliphatic carboxylic acids is 2. The van der Waals surface area contributed by atoms with Crippen LogP contribution < -0.4 is 43.4 Å². The van der Waals surface area contributed by atoms with E-state index in [4.69, 9.17) is 39.4 Å². The lowest BCUT2D eigenvalue weighted by molar-refractivity contribution is -0.139. The largest absolute Gasteiger partial charge is 0.481 e. The maximum Gasteiger partial charge on any atom is 0.416 e. The summed E-state index contributed by atoms with van der Waals surface area (Å²) in [6.45, 7) is 27.9. The maximum absolute atomic E-state index is 12.8. The number of carboxylic acids is 2. The summed E-state index contributed by atoms with van der Waals surface area (Å²) in [5.74, 6) is 2.12. The number of alkyl carbamates (subject to hydrolysis) is 1. The monoisotopic (exact) mass is 1690 g/mol. The second kappa shape index (κ2) is 44.3. The molecule has 4 unspecified atom stereocenters. The Kier molecular flexibility index (Phi) is 37.5. The fourth-order valence-corrected chi connectivity index (χ4v) is 9.37.